The fourth-order valence-electron chi connectivity index (χ4n) is 5.63. The van der Waals surface area contributed by atoms with Crippen LogP contribution in [0.3, 0.4) is 0 Å². The summed E-state index contributed by atoms with van der Waals surface area (Å²) in [5.41, 5.74) is -3.71. The molecule has 16 heteroatoms. The van der Waals surface area contributed by atoms with Crippen molar-refractivity contribution in [1.82, 2.24) is 20.1 Å². The Morgan fingerprint density at radius 2 is 1.85 bits per heavy atom. The summed E-state index contributed by atoms with van der Waals surface area (Å²) < 4.78 is 90.8. The Morgan fingerprint density at radius 1 is 1.10 bits per heavy atom. The number of nitrogens with one attached hydrogen (secondary N) is 2. The van der Waals surface area contributed by atoms with Crippen LogP contribution in [-0.4, -0.2) is 76.5 Å². The molecule has 5 rings (SSSR count). The quantitative estimate of drug-likeness (QED) is 0.494. The van der Waals surface area contributed by atoms with Crippen molar-refractivity contribution in [2.45, 2.75) is 69.4 Å². The van der Waals surface area contributed by atoms with E-state index in [4.69, 9.17) is 9.47 Å². The molecule has 41 heavy (non-hydrogen) atoms. The highest BCUT2D eigenvalue weighted by Crippen LogP contribution is 2.37. The number of rotatable bonds is 6. The van der Waals surface area contributed by atoms with E-state index in [0.717, 1.165) is 18.5 Å². The number of nitrogens with zero attached hydrogens (tertiary/aromatic N) is 4. The van der Waals surface area contributed by atoms with Crippen molar-refractivity contribution in [2.24, 2.45) is 0 Å². The van der Waals surface area contributed by atoms with Crippen molar-refractivity contribution in [2.75, 3.05) is 36.5 Å². The first kappa shape index (κ1) is 29.1. The summed E-state index contributed by atoms with van der Waals surface area (Å²) in [4.78, 5) is 32.6. The van der Waals surface area contributed by atoms with Gasteiger partial charge in [0.1, 0.15) is 17.5 Å². The van der Waals surface area contributed by atoms with Gasteiger partial charge in [-0.1, -0.05) is 0 Å². The number of ether oxygens (including phenoxy) is 2. The standard InChI is InChI=1S/C25H28F6N6O4/c1-13(34-18-9-33-35-22(38)20(18)25(29,30)31)10-41-19-3-5-37(23(19)39)16-2-4-36-17(7-16)12-40-11-14-6-15(24(26,27)28)8-32-21(14)36/h6,8-9,13,16-17,19H,2-5,7,10-12H2,1H3,(H2,34,35,38)/t13-,16-,17+,19+/m0/s1. The van der Waals surface area contributed by atoms with Crippen LogP contribution in [0.4, 0.5) is 37.8 Å². The van der Waals surface area contributed by atoms with Crippen LogP contribution in [0.1, 0.15) is 42.9 Å². The van der Waals surface area contributed by atoms with Gasteiger partial charge in [-0.2, -0.15) is 31.4 Å². The highest BCUT2D eigenvalue weighted by Gasteiger charge is 2.42. The van der Waals surface area contributed by atoms with Gasteiger partial charge < -0.3 is 24.6 Å². The molecule has 0 radical (unpaired) electrons. The minimum atomic E-state index is -4.89. The summed E-state index contributed by atoms with van der Waals surface area (Å²) in [7, 11) is 0. The molecule has 3 aliphatic rings. The number of aromatic nitrogens is 3. The van der Waals surface area contributed by atoms with E-state index in [1.165, 1.54) is 0 Å². The number of halogens is 6. The molecule has 4 atom stereocenters. The monoisotopic (exact) mass is 590 g/mol. The van der Waals surface area contributed by atoms with Crippen LogP contribution in [0.25, 0.3) is 0 Å². The van der Waals surface area contributed by atoms with E-state index in [2.05, 4.69) is 15.4 Å². The van der Waals surface area contributed by atoms with Gasteiger partial charge in [-0.25, -0.2) is 10.1 Å². The maximum atomic E-state index is 13.3. The van der Waals surface area contributed by atoms with Crippen LogP contribution in [0.2, 0.25) is 0 Å². The lowest BCUT2D eigenvalue weighted by atomic mass is 9.96. The number of likely N-dealkylation sites (tertiary alicyclic amines) is 1. The van der Waals surface area contributed by atoms with Gasteiger partial charge >= 0.3 is 12.4 Å². The number of alkyl halides is 6. The molecule has 1 amide bonds. The zero-order valence-electron chi connectivity index (χ0n) is 21.9. The Bertz CT molecular complexity index is 1330. The zero-order chi connectivity index (χ0) is 29.5. The van der Waals surface area contributed by atoms with E-state index in [1.807, 2.05) is 4.90 Å². The fourth-order valence-corrected chi connectivity index (χ4v) is 5.63. The summed E-state index contributed by atoms with van der Waals surface area (Å²) in [6.45, 7) is 2.66. The number of hydrogen-bond donors (Lipinski definition) is 2. The Morgan fingerprint density at radius 3 is 2.59 bits per heavy atom. The number of H-pyrrole nitrogens is 1. The Balaban J connectivity index is 1.18. The van der Waals surface area contributed by atoms with E-state index >= 15 is 0 Å². The zero-order valence-corrected chi connectivity index (χ0v) is 21.9. The number of piperidine rings is 1. The molecule has 0 unspecified atom stereocenters. The Kier molecular flexibility index (Phi) is 7.89. The summed E-state index contributed by atoms with van der Waals surface area (Å²) >= 11 is 0. The number of amides is 1. The fraction of sp³-hybridized carbons (Fsp3) is 0.600. The topological polar surface area (TPSA) is 113 Å². The molecule has 0 aromatic carbocycles. The van der Waals surface area contributed by atoms with E-state index < -0.39 is 46.9 Å². The second-order valence-electron chi connectivity index (χ2n) is 10.4. The molecule has 0 bridgehead atoms. The van der Waals surface area contributed by atoms with Crippen molar-refractivity contribution < 1.29 is 40.6 Å². The van der Waals surface area contributed by atoms with Crippen LogP contribution in [-0.2, 0) is 33.2 Å². The number of carbonyl (C=O) groups is 1. The van der Waals surface area contributed by atoms with Gasteiger partial charge in [-0.3, -0.25) is 9.59 Å². The third-order valence-electron chi connectivity index (χ3n) is 7.52. The number of hydrogen-bond acceptors (Lipinski definition) is 8. The van der Waals surface area contributed by atoms with Crippen molar-refractivity contribution >= 4 is 17.4 Å². The molecule has 2 fully saturated rings. The highest BCUT2D eigenvalue weighted by atomic mass is 19.4. The molecule has 2 saturated heterocycles. The first-order valence-corrected chi connectivity index (χ1v) is 13.1. The largest absolute Gasteiger partial charge is 0.423 e. The Labute approximate surface area is 230 Å². The maximum Gasteiger partial charge on any atom is 0.423 e. The first-order valence-electron chi connectivity index (χ1n) is 13.1. The molecular formula is C25H28F6N6O4. The molecule has 224 valence electrons. The lowest BCUT2D eigenvalue weighted by Gasteiger charge is -2.42. The van der Waals surface area contributed by atoms with Gasteiger partial charge in [0, 0.05) is 43.4 Å². The highest BCUT2D eigenvalue weighted by molar-refractivity contribution is 5.83. The minimum Gasteiger partial charge on any atom is -0.378 e. The molecule has 10 nitrogen and oxygen atoms in total. The van der Waals surface area contributed by atoms with Crippen LogP contribution in [0.15, 0.2) is 23.3 Å². The number of anilines is 2. The minimum absolute atomic E-state index is 0.00654. The molecule has 2 N–H and O–H groups in total. The lowest BCUT2D eigenvalue weighted by molar-refractivity contribution is -0.140. The second kappa shape index (κ2) is 11.1. The summed E-state index contributed by atoms with van der Waals surface area (Å²) in [6, 6.07) is 0.0820. The van der Waals surface area contributed by atoms with Gasteiger partial charge in [0.05, 0.1) is 43.3 Å². The molecule has 0 aliphatic carbocycles. The first-order chi connectivity index (χ1) is 19.3. The molecule has 5 heterocycles. The van der Waals surface area contributed by atoms with Crippen molar-refractivity contribution in [3.63, 3.8) is 0 Å². The van der Waals surface area contributed by atoms with Crippen molar-refractivity contribution in [3.8, 4) is 0 Å². The van der Waals surface area contributed by atoms with E-state index in [-0.39, 0.29) is 37.8 Å². The van der Waals surface area contributed by atoms with Gasteiger partial charge in [0.25, 0.3) is 11.5 Å². The van der Waals surface area contributed by atoms with Crippen molar-refractivity contribution in [1.29, 1.82) is 0 Å². The maximum absolute atomic E-state index is 13.3. The number of aromatic amines is 1. The third kappa shape index (κ3) is 6.12. The second-order valence-corrected chi connectivity index (χ2v) is 10.4. The summed E-state index contributed by atoms with van der Waals surface area (Å²) in [6.07, 6.45) is -6.96. The van der Waals surface area contributed by atoms with Gasteiger partial charge in [-0.15, -0.1) is 0 Å². The molecule has 3 aliphatic heterocycles. The van der Waals surface area contributed by atoms with E-state index in [0.29, 0.717) is 43.7 Å². The van der Waals surface area contributed by atoms with E-state index in [9.17, 15) is 35.9 Å². The summed E-state index contributed by atoms with van der Waals surface area (Å²) in [5.74, 6) is 0.228. The molecule has 2 aromatic heterocycles. The normalized spacial score (nSPS) is 24.1. The van der Waals surface area contributed by atoms with Gasteiger partial charge in [0.2, 0.25) is 0 Å². The molecule has 0 saturated carbocycles. The molecule has 0 spiro atoms. The summed E-state index contributed by atoms with van der Waals surface area (Å²) in [5, 5.41) is 7.78. The average molecular weight is 591 g/mol. The predicted octanol–water partition coefficient (Wildman–Crippen LogP) is 3.19. The average Bonchev–Trinajstić information content (AvgIpc) is 3.15. The van der Waals surface area contributed by atoms with Crippen LogP contribution in [0.5, 0.6) is 0 Å². The SMILES string of the molecule is C[C@@H](CO[C@@H]1CCN([C@H]2CCN3c4ncc(C(F)(F)F)cc4COC[C@H]3C2)C1=O)Nc1cn[nH]c(=O)c1C(F)(F)F. The van der Waals surface area contributed by atoms with Crippen LogP contribution >= 0.6 is 0 Å². The predicted molar refractivity (Wildman–Crippen MR) is 132 cm³/mol. The smallest absolute Gasteiger partial charge is 0.378 e. The van der Waals surface area contributed by atoms with Gasteiger partial charge in [-0.05, 0) is 25.8 Å². The molecule has 2 aromatic rings. The number of carbonyl (C=O) groups excluding carboxylic acids is 1. The van der Waals surface area contributed by atoms with Gasteiger partial charge in [0.15, 0.2) is 0 Å². The lowest BCUT2D eigenvalue weighted by Crippen LogP contribution is -2.52. The van der Waals surface area contributed by atoms with Crippen LogP contribution in [0, 0.1) is 0 Å². The number of pyridine rings is 1. The Hall–Kier alpha value is -3.40. The van der Waals surface area contributed by atoms with Crippen molar-refractivity contribution in [3.05, 3.63) is 45.5 Å². The third-order valence-corrected chi connectivity index (χ3v) is 7.52. The van der Waals surface area contributed by atoms with E-state index in [1.54, 1.807) is 16.9 Å². The number of fused-ring (bicyclic) bond motifs is 3. The molecular weight excluding hydrogens is 562 g/mol. The van der Waals surface area contributed by atoms with Crippen LogP contribution < -0.4 is 15.8 Å².